The highest BCUT2D eigenvalue weighted by Crippen LogP contribution is 2.22. The zero-order chi connectivity index (χ0) is 13.7. The summed E-state index contributed by atoms with van der Waals surface area (Å²) in [5.74, 6) is -0.576. The molecule has 5 nitrogen and oxygen atoms in total. The summed E-state index contributed by atoms with van der Waals surface area (Å²) in [6.45, 7) is 2.98. The molecule has 1 aliphatic rings. The van der Waals surface area contributed by atoms with Crippen LogP contribution < -0.4 is 16.0 Å². The van der Waals surface area contributed by atoms with E-state index in [2.05, 4.69) is 5.32 Å². The standard InChI is InChI=1S/C13H18FN3O2/c14-10-7-11(16-13(18)1-2-15)9-12(8-10)17-3-5-19-6-4-17/h7-9H,1-6,15H2,(H,16,18). The SMILES string of the molecule is NCCC(=O)Nc1cc(F)cc(N2CCOCC2)c1. The zero-order valence-corrected chi connectivity index (χ0v) is 10.7. The van der Waals surface area contributed by atoms with Gasteiger partial charge in [0.05, 0.1) is 13.2 Å². The number of halogens is 1. The van der Waals surface area contributed by atoms with Crippen LogP contribution in [0.15, 0.2) is 18.2 Å². The van der Waals surface area contributed by atoms with Crippen LogP contribution in [0.2, 0.25) is 0 Å². The van der Waals surface area contributed by atoms with Crippen LogP contribution in [0.1, 0.15) is 6.42 Å². The Kier molecular flexibility index (Phi) is 4.70. The number of amides is 1. The van der Waals surface area contributed by atoms with Crippen LogP contribution in [-0.2, 0) is 9.53 Å². The summed E-state index contributed by atoms with van der Waals surface area (Å²) in [7, 11) is 0. The Hall–Kier alpha value is -1.66. The molecule has 1 amide bonds. The number of ether oxygens (including phenoxy) is 1. The Morgan fingerprint density at radius 3 is 2.79 bits per heavy atom. The van der Waals surface area contributed by atoms with Gasteiger partial charge in [-0.1, -0.05) is 0 Å². The van der Waals surface area contributed by atoms with Crippen molar-refractivity contribution >= 4 is 17.3 Å². The van der Waals surface area contributed by atoms with Crippen LogP contribution >= 0.6 is 0 Å². The number of morpholine rings is 1. The number of nitrogens with two attached hydrogens (primary N) is 1. The maximum atomic E-state index is 13.6. The highest BCUT2D eigenvalue weighted by Gasteiger charge is 2.13. The Balaban J connectivity index is 2.11. The minimum atomic E-state index is -0.368. The van der Waals surface area contributed by atoms with Crippen LogP contribution in [-0.4, -0.2) is 38.8 Å². The van der Waals surface area contributed by atoms with Gasteiger partial charge in [0.1, 0.15) is 5.82 Å². The fraction of sp³-hybridized carbons (Fsp3) is 0.462. The summed E-state index contributed by atoms with van der Waals surface area (Å²) in [6, 6.07) is 4.53. The molecule has 0 radical (unpaired) electrons. The van der Waals surface area contributed by atoms with Gasteiger partial charge in [0, 0.05) is 37.4 Å². The molecule has 0 bridgehead atoms. The van der Waals surface area contributed by atoms with Gasteiger partial charge in [0.15, 0.2) is 0 Å². The number of anilines is 2. The summed E-state index contributed by atoms with van der Waals surface area (Å²) in [5.41, 5.74) is 6.52. The third kappa shape index (κ3) is 3.90. The normalized spacial score (nSPS) is 15.4. The van der Waals surface area contributed by atoms with Gasteiger partial charge in [0.2, 0.25) is 5.91 Å². The van der Waals surface area contributed by atoms with Gasteiger partial charge in [-0.15, -0.1) is 0 Å². The van der Waals surface area contributed by atoms with Crippen molar-refractivity contribution in [3.05, 3.63) is 24.0 Å². The number of nitrogens with zero attached hydrogens (tertiary/aromatic N) is 1. The third-order valence-corrected chi connectivity index (χ3v) is 2.91. The molecule has 1 aliphatic heterocycles. The highest BCUT2D eigenvalue weighted by molar-refractivity contribution is 5.91. The maximum absolute atomic E-state index is 13.6. The van der Waals surface area contributed by atoms with Crippen LogP contribution in [0.4, 0.5) is 15.8 Å². The summed E-state index contributed by atoms with van der Waals surface area (Å²) in [4.78, 5) is 13.5. The molecule has 104 valence electrons. The molecule has 6 heteroatoms. The van der Waals surface area contributed by atoms with E-state index in [9.17, 15) is 9.18 Å². The fourth-order valence-electron chi connectivity index (χ4n) is 2.01. The molecule has 1 saturated heterocycles. The Morgan fingerprint density at radius 1 is 1.37 bits per heavy atom. The molecule has 0 unspecified atom stereocenters. The molecule has 0 aliphatic carbocycles. The molecule has 19 heavy (non-hydrogen) atoms. The number of carbonyl (C=O) groups is 1. The van der Waals surface area contributed by atoms with Crippen molar-refractivity contribution in [3.8, 4) is 0 Å². The first kappa shape index (κ1) is 13.8. The van der Waals surface area contributed by atoms with Gasteiger partial charge in [-0.05, 0) is 18.2 Å². The van der Waals surface area contributed by atoms with E-state index in [0.29, 0.717) is 18.9 Å². The highest BCUT2D eigenvalue weighted by atomic mass is 19.1. The summed E-state index contributed by atoms with van der Waals surface area (Å²) in [5, 5.41) is 2.65. The van der Waals surface area contributed by atoms with Gasteiger partial charge >= 0.3 is 0 Å². The number of carbonyl (C=O) groups excluding carboxylic acids is 1. The topological polar surface area (TPSA) is 67.6 Å². The lowest BCUT2D eigenvalue weighted by molar-refractivity contribution is -0.116. The first-order valence-electron chi connectivity index (χ1n) is 6.32. The van der Waals surface area contributed by atoms with Crippen molar-refractivity contribution in [2.24, 2.45) is 5.73 Å². The predicted molar refractivity (Wildman–Crippen MR) is 71.7 cm³/mol. The lowest BCUT2D eigenvalue weighted by Gasteiger charge is -2.29. The average molecular weight is 267 g/mol. The molecule has 0 spiro atoms. The minimum absolute atomic E-state index is 0.207. The van der Waals surface area contributed by atoms with Gasteiger partial charge < -0.3 is 20.7 Å². The molecule has 1 heterocycles. The van der Waals surface area contributed by atoms with Crippen LogP contribution in [0.25, 0.3) is 0 Å². The number of nitrogens with one attached hydrogen (secondary N) is 1. The molecule has 3 N–H and O–H groups in total. The molecular formula is C13H18FN3O2. The fourth-order valence-corrected chi connectivity index (χ4v) is 2.01. The largest absolute Gasteiger partial charge is 0.378 e. The molecule has 1 aromatic rings. The van der Waals surface area contributed by atoms with E-state index in [1.807, 2.05) is 4.90 Å². The van der Waals surface area contributed by atoms with Gasteiger partial charge in [-0.3, -0.25) is 4.79 Å². The smallest absolute Gasteiger partial charge is 0.225 e. The van der Waals surface area contributed by atoms with Crippen molar-refractivity contribution in [2.45, 2.75) is 6.42 Å². The van der Waals surface area contributed by atoms with Crippen molar-refractivity contribution < 1.29 is 13.9 Å². The van der Waals surface area contributed by atoms with Gasteiger partial charge in [-0.25, -0.2) is 4.39 Å². The molecular weight excluding hydrogens is 249 g/mol. The van der Waals surface area contributed by atoms with Gasteiger partial charge in [-0.2, -0.15) is 0 Å². The first-order valence-corrected chi connectivity index (χ1v) is 6.32. The van der Waals surface area contributed by atoms with Crippen molar-refractivity contribution in [1.29, 1.82) is 0 Å². The number of rotatable bonds is 4. The summed E-state index contributed by atoms with van der Waals surface area (Å²) in [6.07, 6.45) is 0.226. The van der Waals surface area contributed by atoms with Crippen molar-refractivity contribution in [2.75, 3.05) is 43.1 Å². The Bertz CT molecular complexity index is 448. The number of benzene rings is 1. The quantitative estimate of drug-likeness (QED) is 0.852. The van der Waals surface area contributed by atoms with Crippen molar-refractivity contribution in [1.82, 2.24) is 0 Å². The molecule has 1 aromatic carbocycles. The molecule has 0 atom stereocenters. The number of hydrogen-bond acceptors (Lipinski definition) is 4. The van der Waals surface area contributed by atoms with E-state index in [4.69, 9.17) is 10.5 Å². The van der Waals surface area contributed by atoms with Crippen LogP contribution in [0.5, 0.6) is 0 Å². The summed E-state index contributed by atoms with van der Waals surface area (Å²) < 4.78 is 18.8. The second-order valence-corrected chi connectivity index (χ2v) is 4.38. The van der Waals surface area contributed by atoms with E-state index in [1.54, 1.807) is 6.07 Å². The van der Waals surface area contributed by atoms with Crippen molar-refractivity contribution in [3.63, 3.8) is 0 Å². The van der Waals surface area contributed by atoms with E-state index in [0.717, 1.165) is 18.8 Å². The second-order valence-electron chi connectivity index (χ2n) is 4.38. The van der Waals surface area contributed by atoms with E-state index in [-0.39, 0.29) is 24.7 Å². The lowest BCUT2D eigenvalue weighted by atomic mass is 10.2. The van der Waals surface area contributed by atoms with Gasteiger partial charge in [0.25, 0.3) is 0 Å². The Labute approximate surface area is 111 Å². The molecule has 2 rings (SSSR count). The van der Waals surface area contributed by atoms with Crippen LogP contribution in [0, 0.1) is 5.82 Å². The zero-order valence-electron chi connectivity index (χ0n) is 10.7. The van der Waals surface area contributed by atoms with Crippen LogP contribution in [0.3, 0.4) is 0 Å². The molecule has 0 saturated carbocycles. The monoisotopic (exact) mass is 267 g/mol. The Morgan fingerprint density at radius 2 is 2.11 bits per heavy atom. The third-order valence-electron chi connectivity index (χ3n) is 2.91. The predicted octanol–water partition coefficient (Wildman–Crippen LogP) is 0.950. The second kappa shape index (κ2) is 6.49. The average Bonchev–Trinajstić information content (AvgIpc) is 2.39. The van der Waals surface area contributed by atoms with E-state index < -0.39 is 0 Å². The minimum Gasteiger partial charge on any atom is -0.378 e. The lowest BCUT2D eigenvalue weighted by Crippen LogP contribution is -2.36. The van der Waals surface area contributed by atoms with E-state index >= 15 is 0 Å². The molecule has 0 aromatic heterocycles. The first-order chi connectivity index (χ1) is 9.19. The maximum Gasteiger partial charge on any atom is 0.225 e. The molecule has 1 fully saturated rings. The summed E-state index contributed by atoms with van der Waals surface area (Å²) >= 11 is 0. The number of hydrogen-bond donors (Lipinski definition) is 2. The van der Waals surface area contributed by atoms with E-state index in [1.165, 1.54) is 12.1 Å².